The summed E-state index contributed by atoms with van der Waals surface area (Å²) in [5, 5.41) is 3.21. The van der Waals surface area contributed by atoms with Gasteiger partial charge in [-0.2, -0.15) is 8.78 Å². The molecule has 3 nitrogen and oxygen atoms in total. The van der Waals surface area contributed by atoms with Crippen LogP contribution in [0.15, 0.2) is 12.4 Å². The lowest BCUT2D eigenvalue weighted by molar-refractivity contribution is 0.0666. The molecule has 1 aromatic heterocycles. The summed E-state index contributed by atoms with van der Waals surface area (Å²) in [7, 11) is 0. The zero-order valence-electron chi connectivity index (χ0n) is 9.20. The Bertz CT molecular complexity index is 319. The highest BCUT2D eigenvalue weighted by molar-refractivity contribution is 4.92. The maximum atomic E-state index is 12.5. The molecule has 1 aromatic rings. The fourth-order valence-electron chi connectivity index (χ4n) is 2.26. The Morgan fingerprint density at radius 1 is 1.44 bits per heavy atom. The second kappa shape index (κ2) is 5.39. The van der Waals surface area contributed by atoms with E-state index in [9.17, 15) is 8.78 Å². The van der Waals surface area contributed by atoms with Crippen LogP contribution in [0.5, 0.6) is 0 Å². The zero-order valence-corrected chi connectivity index (χ0v) is 9.20. The molecule has 16 heavy (non-hydrogen) atoms. The van der Waals surface area contributed by atoms with Gasteiger partial charge in [-0.1, -0.05) is 12.8 Å². The minimum Gasteiger partial charge on any atom is -0.310 e. The molecule has 0 aromatic carbocycles. The number of hydrogen-bond donors (Lipinski definition) is 1. The topological polar surface area (TPSA) is 29.9 Å². The molecule has 0 radical (unpaired) electrons. The largest absolute Gasteiger partial charge is 0.319 e. The maximum absolute atomic E-state index is 12.5. The van der Waals surface area contributed by atoms with E-state index >= 15 is 0 Å². The fourth-order valence-corrected chi connectivity index (χ4v) is 2.26. The van der Waals surface area contributed by atoms with Crippen LogP contribution in [0.25, 0.3) is 0 Å². The number of nitrogens with one attached hydrogen (secondary N) is 1. The number of halogens is 2. The Balaban J connectivity index is 1.78. The Labute approximate surface area is 93.9 Å². The van der Waals surface area contributed by atoms with Gasteiger partial charge in [-0.15, -0.1) is 0 Å². The summed E-state index contributed by atoms with van der Waals surface area (Å²) in [5.41, 5.74) is 0. The zero-order chi connectivity index (χ0) is 11.4. The van der Waals surface area contributed by atoms with E-state index in [1.165, 1.54) is 38.1 Å². The quantitative estimate of drug-likeness (QED) is 0.841. The Morgan fingerprint density at radius 3 is 2.88 bits per heavy atom. The minimum atomic E-state index is -2.49. The van der Waals surface area contributed by atoms with Crippen LogP contribution in [0.4, 0.5) is 8.78 Å². The molecule has 0 spiro atoms. The number of rotatable bonds is 5. The molecule has 0 amide bonds. The van der Waals surface area contributed by atoms with E-state index in [0.717, 1.165) is 17.0 Å². The van der Waals surface area contributed by atoms with Crippen LogP contribution in [0.3, 0.4) is 0 Å². The summed E-state index contributed by atoms with van der Waals surface area (Å²) in [4.78, 5) is 3.92. The summed E-state index contributed by atoms with van der Waals surface area (Å²) >= 11 is 0. The normalized spacial score (nSPS) is 17.4. The van der Waals surface area contributed by atoms with Crippen molar-refractivity contribution in [3.05, 3.63) is 18.2 Å². The highest BCUT2D eigenvalue weighted by Gasteiger charge is 2.15. The predicted molar refractivity (Wildman–Crippen MR) is 57.1 cm³/mol. The molecule has 2 rings (SSSR count). The lowest BCUT2D eigenvalue weighted by Gasteiger charge is -2.11. The highest BCUT2D eigenvalue weighted by Crippen LogP contribution is 2.23. The van der Waals surface area contributed by atoms with E-state index in [-0.39, 0.29) is 0 Å². The Hall–Kier alpha value is -0.970. The molecular weight excluding hydrogens is 212 g/mol. The standard InChI is InChI=1S/C11H17F2N3/c12-11(13)16-6-5-15-10(16)8-14-7-9-3-1-2-4-9/h5-6,9,11,14H,1-4,7-8H2. The average Bonchev–Trinajstić information content (AvgIpc) is 2.87. The Morgan fingerprint density at radius 2 is 2.19 bits per heavy atom. The SMILES string of the molecule is FC(F)n1ccnc1CNCC1CCCC1. The highest BCUT2D eigenvalue weighted by atomic mass is 19.3. The third kappa shape index (κ3) is 2.78. The molecule has 0 unspecified atom stereocenters. The first-order valence-corrected chi connectivity index (χ1v) is 5.78. The van der Waals surface area contributed by atoms with Crippen LogP contribution < -0.4 is 5.32 Å². The predicted octanol–water partition coefficient (Wildman–Crippen LogP) is 2.56. The molecule has 1 heterocycles. The molecule has 1 fully saturated rings. The first kappa shape index (κ1) is 11.5. The van der Waals surface area contributed by atoms with Crippen LogP contribution in [0.2, 0.25) is 0 Å². The smallest absolute Gasteiger partial charge is 0.310 e. The molecule has 90 valence electrons. The monoisotopic (exact) mass is 229 g/mol. The van der Waals surface area contributed by atoms with Crippen LogP contribution >= 0.6 is 0 Å². The average molecular weight is 229 g/mol. The second-order valence-corrected chi connectivity index (χ2v) is 4.31. The van der Waals surface area contributed by atoms with Gasteiger partial charge >= 0.3 is 6.55 Å². The molecule has 0 bridgehead atoms. The van der Waals surface area contributed by atoms with Crippen molar-refractivity contribution in [3.8, 4) is 0 Å². The fraction of sp³-hybridized carbons (Fsp3) is 0.727. The summed E-state index contributed by atoms with van der Waals surface area (Å²) in [6.07, 6.45) is 7.86. The second-order valence-electron chi connectivity index (χ2n) is 4.31. The van der Waals surface area contributed by atoms with Gasteiger partial charge in [-0.3, -0.25) is 4.57 Å². The van der Waals surface area contributed by atoms with Gasteiger partial charge in [-0.05, 0) is 25.3 Å². The maximum Gasteiger partial charge on any atom is 0.319 e. The third-order valence-electron chi connectivity index (χ3n) is 3.15. The number of imidazole rings is 1. The van der Waals surface area contributed by atoms with Crippen molar-refractivity contribution in [2.45, 2.75) is 38.8 Å². The molecule has 1 saturated carbocycles. The summed E-state index contributed by atoms with van der Waals surface area (Å²) in [5.74, 6) is 1.13. The van der Waals surface area contributed by atoms with Gasteiger partial charge < -0.3 is 5.32 Å². The van der Waals surface area contributed by atoms with Gasteiger partial charge in [0.15, 0.2) is 0 Å². The van der Waals surface area contributed by atoms with Crippen molar-refractivity contribution in [1.82, 2.24) is 14.9 Å². The minimum absolute atomic E-state index is 0.410. The van der Waals surface area contributed by atoms with Crippen molar-refractivity contribution in [2.75, 3.05) is 6.54 Å². The van der Waals surface area contributed by atoms with E-state index in [4.69, 9.17) is 0 Å². The molecule has 1 N–H and O–H groups in total. The molecule has 1 aliphatic rings. The lowest BCUT2D eigenvalue weighted by Crippen LogP contribution is -2.22. The van der Waals surface area contributed by atoms with Crippen LogP contribution in [0, 0.1) is 5.92 Å². The van der Waals surface area contributed by atoms with Gasteiger partial charge in [0, 0.05) is 12.4 Å². The van der Waals surface area contributed by atoms with Crippen LogP contribution in [-0.2, 0) is 6.54 Å². The number of alkyl halides is 2. The van der Waals surface area contributed by atoms with Crippen molar-refractivity contribution < 1.29 is 8.78 Å². The van der Waals surface area contributed by atoms with Crippen LogP contribution in [-0.4, -0.2) is 16.1 Å². The van der Waals surface area contributed by atoms with E-state index in [0.29, 0.717) is 12.4 Å². The Kier molecular flexibility index (Phi) is 3.88. The lowest BCUT2D eigenvalue weighted by atomic mass is 10.1. The molecule has 5 heteroatoms. The first-order chi connectivity index (χ1) is 7.77. The molecule has 0 aliphatic heterocycles. The van der Waals surface area contributed by atoms with Crippen molar-refractivity contribution in [1.29, 1.82) is 0 Å². The van der Waals surface area contributed by atoms with E-state index in [1.807, 2.05) is 0 Å². The third-order valence-corrected chi connectivity index (χ3v) is 3.15. The van der Waals surface area contributed by atoms with E-state index < -0.39 is 6.55 Å². The van der Waals surface area contributed by atoms with Gasteiger partial charge in [0.2, 0.25) is 0 Å². The van der Waals surface area contributed by atoms with Crippen molar-refractivity contribution >= 4 is 0 Å². The van der Waals surface area contributed by atoms with E-state index in [2.05, 4.69) is 10.3 Å². The number of nitrogens with zero attached hydrogens (tertiary/aromatic N) is 2. The van der Waals surface area contributed by atoms with Gasteiger partial charge in [-0.25, -0.2) is 4.98 Å². The molecule has 0 saturated heterocycles. The summed E-state index contributed by atoms with van der Waals surface area (Å²) < 4.78 is 25.9. The molecule has 0 atom stereocenters. The van der Waals surface area contributed by atoms with Gasteiger partial charge in [0.25, 0.3) is 0 Å². The molecule has 1 aliphatic carbocycles. The van der Waals surface area contributed by atoms with Crippen molar-refractivity contribution in [2.24, 2.45) is 5.92 Å². The molecular formula is C11H17F2N3. The number of hydrogen-bond acceptors (Lipinski definition) is 2. The summed E-state index contributed by atoms with van der Waals surface area (Å²) in [6.45, 7) is -1.16. The van der Waals surface area contributed by atoms with Crippen LogP contribution in [0.1, 0.15) is 38.1 Å². The van der Waals surface area contributed by atoms with Gasteiger partial charge in [0.1, 0.15) is 5.82 Å². The van der Waals surface area contributed by atoms with Crippen molar-refractivity contribution in [3.63, 3.8) is 0 Å². The van der Waals surface area contributed by atoms with E-state index in [1.54, 1.807) is 0 Å². The first-order valence-electron chi connectivity index (χ1n) is 5.78. The number of aromatic nitrogens is 2. The van der Waals surface area contributed by atoms with Gasteiger partial charge in [0.05, 0.1) is 6.54 Å². The summed E-state index contributed by atoms with van der Waals surface area (Å²) in [6, 6.07) is 0.